The van der Waals surface area contributed by atoms with Gasteiger partial charge < -0.3 is 15.0 Å². The van der Waals surface area contributed by atoms with Gasteiger partial charge in [-0.3, -0.25) is 4.79 Å². The quantitative estimate of drug-likeness (QED) is 0.557. The molecule has 0 bridgehead atoms. The molecule has 2 aromatic heterocycles. The van der Waals surface area contributed by atoms with Crippen molar-refractivity contribution in [3.63, 3.8) is 0 Å². The van der Waals surface area contributed by atoms with Crippen LogP contribution in [0.3, 0.4) is 0 Å². The number of rotatable bonds is 8. The van der Waals surface area contributed by atoms with Gasteiger partial charge in [0.2, 0.25) is 5.91 Å². The molecule has 2 aliphatic rings. The number of halogens is 3. The summed E-state index contributed by atoms with van der Waals surface area (Å²) in [6.07, 6.45) is 4.83. The number of hydrogen-bond acceptors (Lipinski definition) is 7. The van der Waals surface area contributed by atoms with E-state index in [2.05, 4.69) is 20.2 Å². The number of carbonyl (C=O) groups excluding carboxylic acids is 1. The van der Waals surface area contributed by atoms with Crippen molar-refractivity contribution in [1.29, 1.82) is 0 Å². The lowest BCUT2D eigenvalue weighted by Gasteiger charge is -2.30. The van der Waals surface area contributed by atoms with Crippen LogP contribution in [0.2, 0.25) is 0 Å². The second-order valence-corrected chi connectivity index (χ2v) is 11.6. The molecule has 1 saturated carbocycles. The first-order valence-corrected chi connectivity index (χ1v) is 13.5. The van der Waals surface area contributed by atoms with E-state index < -0.39 is 12.8 Å². The number of hydrogen-bond donors (Lipinski definition) is 1. The minimum absolute atomic E-state index is 0.0652. The predicted molar refractivity (Wildman–Crippen MR) is 127 cm³/mol. The Morgan fingerprint density at radius 3 is 2.68 bits per heavy atom. The number of alkyl halides is 3. The summed E-state index contributed by atoms with van der Waals surface area (Å²) in [6, 6.07) is 0.263. The van der Waals surface area contributed by atoms with Gasteiger partial charge in [-0.1, -0.05) is 11.3 Å². The first-order valence-electron chi connectivity index (χ1n) is 11.8. The van der Waals surface area contributed by atoms with Crippen LogP contribution in [0.25, 0.3) is 0 Å². The molecule has 0 radical (unpaired) electrons. The largest absolute Gasteiger partial charge is 0.460 e. The third-order valence-electron chi connectivity index (χ3n) is 6.48. The van der Waals surface area contributed by atoms with E-state index in [-0.39, 0.29) is 17.1 Å². The van der Waals surface area contributed by atoms with Gasteiger partial charge in [-0.05, 0) is 57.9 Å². The van der Waals surface area contributed by atoms with Crippen LogP contribution in [-0.2, 0) is 24.1 Å². The maximum atomic E-state index is 12.4. The number of carbonyl (C=O) groups is 1. The molecule has 34 heavy (non-hydrogen) atoms. The Balaban J connectivity index is 1.13. The second-order valence-electron chi connectivity index (χ2n) is 9.21. The van der Waals surface area contributed by atoms with Crippen molar-refractivity contribution in [2.24, 2.45) is 5.92 Å². The standard InChI is InChI=1S/C23H31F3N4O2S2/c1-15-13-27-21(33-15)12-20(31)28-17-4-2-16(3-5-17)6-9-30-10-7-18-19(8-11-30)34-22(29-18)32-14-23(24,25)26/h13,16-17H,2-12,14H2,1H3,(H,28,31)/t16-,17-. The van der Waals surface area contributed by atoms with Gasteiger partial charge in [0.05, 0.1) is 12.1 Å². The van der Waals surface area contributed by atoms with Crippen molar-refractivity contribution in [3.05, 3.63) is 26.7 Å². The molecule has 1 aliphatic heterocycles. The molecular formula is C23H31F3N4O2S2. The fourth-order valence-electron chi connectivity index (χ4n) is 4.67. The Kier molecular flexibility index (Phi) is 8.47. The van der Waals surface area contributed by atoms with E-state index in [0.29, 0.717) is 12.3 Å². The molecular weight excluding hydrogens is 485 g/mol. The topological polar surface area (TPSA) is 67.4 Å². The number of aryl methyl sites for hydroxylation is 1. The normalized spacial score (nSPS) is 21.6. The summed E-state index contributed by atoms with van der Waals surface area (Å²) in [4.78, 5) is 25.5. The zero-order valence-electron chi connectivity index (χ0n) is 19.3. The molecule has 188 valence electrons. The van der Waals surface area contributed by atoms with Crippen LogP contribution in [0.15, 0.2) is 6.20 Å². The Hall–Kier alpha value is -1.72. The van der Waals surface area contributed by atoms with Gasteiger partial charge in [-0.2, -0.15) is 13.2 Å². The number of amides is 1. The highest BCUT2D eigenvalue weighted by Gasteiger charge is 2.30. The predicted octanol–water partition coefficient (Wildman–Crippen LogP) is 4.56. The van der Waals surface area contributed by atoms with Crippen LogP contribution < -0.4 is 10.1 Å². The van der Waals surface area contributed by atoms with Crippen molar-refractivity contribution in [2.75, 3.05) is 26.2 Å². The maximum absolute atomic E-state index is 12.4. The van der Waals surface area contributed by atoms with E-state index in [1.807, 2.05) is 13.1 Å². The number of aromatic nitrogens is 2. The lowest BCUT2D eigenvalue weighted by molar-refractivity contribution is -0.153. The summed E-state index contributed by atoms with van der Waals surface area (Å²) in [5, 5.41) is 4.18. The smallest absolute Gasteiger partial charge is 0.422 e. The fourth-order valence-corrected chi connectivity index (χ4v) is 6.40. The van der Waals surface area contributed by atoms with Gasteiger partial charge in [0.15, 0.2) is 6.61 Å². The fraction of sp³-hybridized carbons (Fsp3) is 0.696. The highest BCUT2D eigenvalue weighted by molar-refractivity contribution is 7.13. The molecule has 0 unspecified atom stereocenters. The third-order valence-corrected chi connectivity index (χ3v) is 8.47. The van der Waals surface area contributed by atoms with Crippen molar-refractivity contribution < 1.29 is 22.7 Å². The van der Waals surface area contributed by atoms with Crippen LogP contribution in [0, 0.1) is 12.8 Å². The molecule has 0 atom stereocenters. The highest BCUT2D eigenvalue weighted by Crippen LogP contribution is 2.31. The SMILES string of the molecule is Cc1cnc(CC(=O)N[C@H]2CC[C@H](CCN3CCc4nc(OCC(F)(F)F)sc4CC3)CC2)s1. The summed E-state index contributed by atoms with van der Waals surface area (Å²) in [7, 11) is 0. The van der Waals surface area contributed by atoms with E-state index in [1.165, 1.54) is 11.3 Å². The van der Waals surface area contributed by atoms with Crippen LogP contribution in [0.4, 0.5) is 13.2 Å². The minimum atomic E-state index is -4.34. The molecule has 1 fully saturated rings. The minimum Gasteiger partial charge on any atom is -0.460 e. The Morgan fingerprint density at radius 2 is 1.97 bits per heavy atom. The number of thiazole rings is 2. The molecule has 0 aromatic carbocycles. The number of nitrogens with one attached hydrogen (secondary N) is 1. The van der Waals surface area contributed by atoms with E-state index in [4.69, 9.17) is 4.74 Å². The van der Waals surface area contributed by atoms with Crippen LogP contribution in [0.5, 0.6) is 5.19 Å². The zero-order chi connectivity index (χ0) is 24.1. The van der Waals surface area contributed by atoms with Gasteiger partial charge in [0, 0.05) is 41.5 Å². The molecule has 11 heteroatoms. The molecule has 1 N–H and O–H groups in total. The molecule has 1 amide bonds. The molecule has 2 aromatic rings. The van der Waals surface area contributed by atoms with Crippen LogP contribution in [-0.4, -0.2) is 59.2 Å². The molecule has 1 aliphatic carbocycles. The lowest BCUT2D eigenvalue weighted by atomic mass is 9.84. The Bertz CT molecular complexity index is 929. The lowest BCUT2D eigenvalue weighted by Crippen LogP contribution is -2.39. The van der Waals surface area contributed by atoms with Crippen molar-refractivity contribution in [3.8, 4) is 5.19 Å². The molecule has 6 nitrogen and oxygen atoms in total. The van der Waals surface area contributed by atoms with Gasteiger partial charge in [0.25, 0.3) is 5.19 Å². The highest BCUT2D eigenvalue weighted by atomic mass is 32.1. The zero-order valence-corrected chi connectivity index (χ0v) is 21.0. The van der Waals surface area contributed by atoms with Crippen LogP contribution in [0.1, 0.15) is 52.6 Å². The van der Waals surface area contributed by atoms with Gasteiger partial charge in [-0.25, -0.2) is 9.97 Å². The molecule has 0 saturated heterocycles. The van der Waals surface area contributed by atoms with E-state index in [1.54, 1.807) is 11.3 Å². The summed E-state index contributed by atoms with van der Waals surface area (Å²) in [5.74, 6) is 0.739. The Labute approximate surface area is 205 Å². The van der Waals surface area contributed by atoms with Crippen molar-refractivity contribution >= 4 is 28.6 Å². The van der Waals surface area contributed by atoms with Gasteiger partial charge >= 0.3 is 6.18 Å². The van der Waals surface area contributed by atoms with E-state index in [0.717, 1.165) is 85.0 Å². The first kappa shape index (κ1) is 25.4. The number of ether oxygens (including phenoxy) is 1. The van der Waals surface area contributed by atoms with E-state index in [9.17, 15) is 18.0 Å². The molecule has 4 rings (SSSR count). The maximum Gasteiger partial charge on any atom is 0.422 e. The summed E-state index contributed by atoms with van der Waals surface area (Å²) in [5.41, 5.74) is 0.883. The Morgan fingerprint density at radius 1 is 1.21 bits per heavy atom. The number of fused-ring (bicyclic) bond motifs is 1. The molecule has 0 spiro atoms. The van der Waals surface area contributed by atoms with E-state index >= 15 is 0 Å². The number of nitrogens with zero attached hydrogens (tertiary/aromatic N) is 3. The van der Waals surface area contributed by atoms with Gasteiger partial charge in [-0.15, -0.1) is 11.3 Å². The average molecular weight is 517 g/mol. The van der Waals surface area contributed by atoms with Crippen molar-refractivity contribution in [1.82, 2.24) is 20.2 Å². The second kappa shape index (κ2) is 11.3. The average Bonchev–Trinajstić information content (AvgIpc) is 3.32. The molecule has 3 heterocycles. The summed E-state index contributed by atoms with van der Waals surface area (Å²) < 4.78 is 41.9. The van der Waals surface area contributed by atoms with Gasteiger partial charge in [0.1, 0.15) is 5.01 Å². The summed E-state index contributed by atoms with van der Waals surface area (Å²) >= 11 is 2.82. The monoisotopic (exact) mass is 516 g/mol. The third kappa shape index (κ3) is 7.64. The summed E-state index contributed by atoms with van der Waals surface area (Å²) in [6.45, 7) is 3.50. The van der Waals surface area contributed by atoms with Crippen molar-refractivity contribution in [2.45, 2.75) is 70.5 Å². The van der Waals surface area contributed by atoms with Crippen LogP contribution >= 0.6 is 22.7 Å². The first-order chi connectivity index (χ1) is 16.2.